The SMILES string of the molecule is CC(C)N1CCCCC1c1ccc(N(C(C)C)C(C)C)nc1. The highest BCUT2D eigenvalue weighted by molar-refractivity contribution is 5.41. The first-order valence-corrected chi connectivity index (χ1v) is 8.91. The van der Waals surface area contributed by atoms with Gasteiger partial charge in [-0.2, -0.15) is 0 Å². The van der Waals surface area contributed by atoms with Crippen LogP contribution in [0.15, 0.2) is 18.3 Å². The molecule has 22 heavy (non-hydrogen) atoms. The fraction of sp³-hybridized carbons (Fsp3) is 0.737. The van der Waals surface area contributed by atoms with Gasteiger partial charge in [0.1, 0.15) is 5.82 Å². The number of hydrogen-bond donors (Lipinski definition) is 0. The van der Waals surface area contributed by atoms with E-state index in [-0.39, 0.29) is 0 Å². The van der Waals surface area contributed by atoms with E-state index in [2.05, 4.69) is 69.7 Å². The quantitative estimate of drug-likeness (QED) is 0.790. The van der Waals surface area contributed by atoms with Crippen molar-refractivity contribution in [2.45, 2.75) is 85.0 Å². The zero-order chi connectivity index (χ0) is 16.3. The maximum absolute atomic E-state index is 4.79. The molecule has 1 saturated heterocycles. The lowest BCUT2D eigenvalue weighted by Gasteiger charge is -2.39. The Morgan fingerprint density at radius 1 is 1.05 bits per heavy atom. The van der Waals surface area contributed by atoms with Gasteiger partial charge in [-0.05, 0) is 72.6 Å². The molecule has 1 aliphatic heterocycles. The lowest BCUT2D eigenvalue weighted by Crippen LogP contribution is -2.39. The highest BCUT2D eigenvalue weighted by atomic mass is 15.2. The van der Waals surface area contributed by atoms with E-state index in [1.807, 2.05) is 0 Å². The molecule has 0 aliphatic carbocycles. The van der Waals surface area contributed by atoms with Gasteiger partial charge < -0.3 is 4.90 Å². The molecule has 0 amide bonds. The van der Waals surface area contributed by atoms with Crippen LogP contribution in [-0.2, 0) is 0 Å². The summed E-state index contributed by atoms with van der Waals surface area (Å²) in [6.45, 7) is 14.8. The van der Waals surface area contributed by atoms with E-state index in [1.165, 1.54) is 31.4 Å². The normalized spacial score (nSPS) is 20.1. The van der Waals surface area contributed by atoms with Gasteiger partial charge in [-0.3, -0.25) is 4.90 Å². The van der Waals surface area contributed by atoms with Gasteiger partial charge >= 0.3 is 0 Å². The number of pyridine rings is 1. The standard InChI is InChI=1S/C19H33N3/c1-14(2)21-12-8-7-9-18(21)17-10-11-19(20-13-17)22(15(3)4)16(5)6/h10-11,13-16,18H,7-9,12H2,1-6H3. The maximum Gasteiger partial charge on any atom is 0.128 e. The van der Waals surface area contributed by atoms with Crippen molar-refractivity contribution in [3.8, 4) is 0 Å². The molecule has 2 rings (SSSR count). The molecular weight excluding hydrogens is 270 g/mol. The van der Waals surface area contributed by atoms with E-state index in [9.17, 15) is 0 Å². The van der Waals surface area contributed by atoms with E-state index in [4.69, 9.17) is 4.98 Å². The Hall–Kier alpha value is -1.09. The minimum atomic E-state index is 0.472. The van der Waals surface area contributed by atoms with E-state index in [1.54, 1.807) is 0 Å². The van der Waals surface area contributed by atoms with Gasteiger partial charge in [0.05, 0.1) is 0 Å². The third-order valence-corrected chi connectivity index (χ3v) is 4.74. The van der Waals surface area contributed by atoms with Gasteiger partial charge in [-0.15, -0.1) is 0 Å². The van der Waals surface area contributed by atoms with Crippen molar-refractivity contribution in [2.24, 2.45) is 0 Å². The summed E-state index contributed by atoms with van der Waals surface area (Å²) in [5, 5.41) is 0. The number of hydrogen-bond acceptors (Lipinski definition) is 3. The monoisotopic (exact) mass is 303 g/mol. The molecule has 1 aliphatic rings. The molecule has 1 aromatic rings. The van der Waals surface area contributed by atoms with Gasteiger partial charge in [0, 0.05) is 30.4 Å². The molecular formula is C19H33N3. The van der Waals surface area contributed by atoms with Crippen LogP contribution >= 0.6 is 0 Å². The summed E-state index contributed by atoms with van der Waals surface area (Å²) in [7, 11) is 0. The van der Waals surface area contributed by atoms with Crippen molar-refractivity contribution in [2.75, 3.05) is 11.4 Å². The molecule has 1 atom stereocenters. The number of aromatic nitrogens is 1. The van der Waals surface area contributed by atoms with Crippen molar-refractivity contribution in [3.05, 3.63) is 23.9 Å². The van der Waals surface area contributed by atoms with Crippen LogP contribution in [0, 0.1) is 0 Å². The Labute approximate surface area is 136 Å². The molecule has 1 unspecified atom stereocenters. The number of piperidine rings is 1. The first kappa shape index (κ1) is 17.3. The summed E-state index contributed by atoms with van der Waals surface area (Å²) in [6.07, 6.45) is 6.03. The topological polar surface area (TPSA) is 19.4 Å². The Balaban J connectivity index is 2.20. The van der Waals surface area contributed by atoms with E-state index in [0.29, 0.717) is 24.2 Å². The lowest BCUT2D eigenvalue weighted by molar-refractivity contribution is 0.112. The Morgan fingerprint density at radius 2 is 1.73 bits per heavy atom. The van der Waals surface area contributed by atoms with Gasteiger partial charge in [-0.25, -0.2) is 4.98 Å². The first-order chi connectivity index (χ1) is 10.4. The van der Waals surface area contributed by atoms with Crippen LogP contribution in [0.1, 0.15) is 72.4 Å². The highest BCUT2D eigenvalue weighted by Gasteiger charge is 2.26. The Kier molecular flexibility index (Phi) is 5.85. The molecule has 0 saturated carbocycles. The van der Waals surface area contributed by atoms with Crippen LogP contribution < -0.4 is 4.90 Å². The Bertz CT molecular complexity index is 442. The summed E-state index contributed by atoms with van der Waals surface area (Å²) >= 11 is 0. The van der Waals surface area contributed by atoms with Gasteiger partial charge in [-0.1, -0.05) is 12.5 Å². The predicted molar refractivity (Wildman–Crippen MR) is 95.4 cm³/mol. The molecule has 124 valence electrons. The van der Waals surface area contributed by atoms with Crippen molar-refractivity contribution in [1.82, 2.24) is 9.88 Å². The van der Waals surface area contributed by atoms with Crippen LogP contribution in [-0.4, -0.2) is 34.6 Å². The summed E-state index contributed by atoms with van der Waals surface area (Å²) < 4.78 is 0. The molecule has 3 heteroatoms. The third-order valence-electron chi connectivity index (χ3n) is 4.74. The number of nitrogens with zero attached hydrogens (tertiary/aromatic N) is 3. The molecule has 0 N–H and O–H groups in total. The molecule has 2 heterocycles. The highest BCUT2D eigenvalue weighted by Crippen LogP contribution is 2.32. The van der Waals surface area contributed by atoms with Gasteiger partial charge in [0.2, 0.25) is 0 Å². The molecule has 3 nitrogen and oxygen atoms in total. The summed E-state index contributed by atoms with van der Waals surface area (Å²) in [5.74, 6) is 1.10. The van der Waals surface area contributed by atoms with Crippen LogP contribution in [0.25, 0.3) is 0 Å². The Morgan fingerprint density at radius 3 is 2.23 bits per heavy atom. The van der Waals surface area contributed by atoms with Crippen molar-refractivity contribution >= 4 is 5.82 Å². The molecule has 1 aromatic heterocycles. The summed E-state index contributed by atoms with van der Waals surface area (Å²) in [5.41, 5.74) is 1.38. The second-order valence-electron chi connectivity index (χ2n) is 7.39. The van der Waals surface area contributed by atoms with E-state index >= 15 is 0 Å². The average molecular weight is 303 g/mol. The number of rotatable bonds is 5. The minimum Gasteiger partial charge on any atom is -0.352 e. The third kappa shape index (κ3) is 3.81. The van der Waals surface area contributed by atoms with Crippen molar-refractivity contribution in [3.63, 3.8) is 0 Å². The van der Waals surface area contributed by atoms with Crippen LogP contribution in [0.4, 0.5) is 5.82 Å². The second kappa shape index (κ2) is 7.45. The zero-order valence-corrected chi connectivity index (χ0v) is 15.2. The molecule has 0 spiro atoms. The fourth-order valence-electron chi connectivity index (χ4n) is 3.80. The minimum absolute atomic E-state index is 0.472. The number of likely N-dealkylation sites (tertiary alicyclic amines) is 1. The summed E-state index contributed by atoms with van der Waals surface area (Å²) in [6, 6.07) is 6.60. The van der Waals surface area contributed by atoms with Crippen molar-refractivity contribution < 1.29 is 0 Å². The second-order valence-corrected chi connectivity index (χ2v) is 7.39. The van der Waals surface area contributed by atoms with Gasteiger partial charge in [0.25, 0.3) is 0 Å². The average Bonchev–Trinajstić information content (AvgIpc) is 2.47. The molecule has 0 radical (unpaired) electrons. The smallest absolute Gasteiger partial charge is 0.128 e. The van der Waals surface area contributed by atoms with Gasteiger partial charge in [0.15, 0.2) is 0 Å². The van der Waals surface area contributed by atoms with E-state index in [0.717, 1.165) is 5.82 Å². The summed E-state index contributed by atoms with van der Waals surface area (Å²) in [4.78, 5) is 9.80. The molecule has 1 fully saturated rings. The fourth-order valence-corrected chi connectivity index (χ4v) is 3.80. The lowest BCUT2D eigenvalue weighted by atomic mass is 9.95. The first-order valence-electron chi connectivity index (χ1n) is 8.91. The zero-order valence-electron chi connectivity index (χ0n) is 15.2. The predicted octanol–water partition coefficient (Wildman–Crippen LogP) is 4.64. The molecule has 0 aromatic carbocycles. The van der Waals surface area contributed by atoms with Crippen LogP contribution in [0.5, 0.6) is 0 Å². The largest absolute Gasteiger partial charge is 0.352 e. The maximum atomic E-state index is 4.79. The van der Waals surface area contributed by atoms with Crippen LogP contribution in [0.2, 0.25) is 0 Å². The van der Waals surface area contributed by atoms with Crippen LogP contribution in [0.3, 0.4) is 0 Å². The number of anilines is 1. The molecule has 0 bridgehead atoms. The van der Waals surface area contributed by atoms with E-state index < -0.39 is 0 Å². The van der Waals surface area contributed by atoms with Crippen molar-refractivity contribution in [1.29, 1.82) is 0 Å².